The number of carboxylic acid groups (broad SMARTS) is 1. The Balaban J connectivity index is 1.25. The molecule has 5 rings (SSSR count). The number of halogens is 1. The van der Waals surface area contributed by atoms with Gasteiger partial charge >= 0.3 is 5.97 Å². The van der Waals surface area contributed by atoms with Crippen molar-refractivity contribution in [3.63, 3.8) is 0 Å². The maximum Gasteiger partial charge on any atom is 0.309 e. The molecule has 1 fully saturated rings. The van der Waals surface area contributed by atoms with Crippen LogP contribution in [-0.4, -0.2) is 37.1 Å². The number of hydrogen-bond acceptors (Lipinski definition) is 5. The fourth-order valence-electron chi connectivity index (χ4n) is 4.15. The lowest BCUT2D eigenvalue weighted by molar-refractivity contribution is -0.150. The van der Waals surface area contributed by atoms with Crippen LogP contribution in [0.25, 0.3) is 33.7 Å². The first-order chi connectivity index (χ1) is 15.9. The number of ether oxygens (including phenoxy) is 1. The molecule has 0 spiro atoms. The smallest absolute Gasteiger partial charge is 0.309 e. The maximum absolute atomic E-state index is 13.4. The minimum atomic E-state index is -0.740. The van der Waals surface area contributed by atoms with Crippen molar-refractivity contribution in [2.75, 3.05) is 0 Å². The molecule has 0 aliphatic heterocycles. The highest BCUT2D eigenvalue weighted by atomic mass is 19.1. The Morgan fingerprint density at radius 1 is 1.09 bits per heavy atom. The fourth-order valence-corrected chi connectivity index (χ4v) is 4.15. The SMILES string of the molecule is C[C@]1(C(=O)O)CC[C@H](Oc2ccc(-c3ccc(-c4nc5cc(F)ccc5[nH]4)cn3)cn2)CC1. The first-order valence-electron chi connectivity index (χ1n) is 10.9. The van der Waals surface area contributed by atoms with Gasteiger partial charge < -0.3 is 14.8 Å². The zero-order chi connectivity index (χ0) is 23.0. The van der Waals surface area contributed by atoms with Crippen molar-refractivity contribution >= 4 is 17.0 Å². The Kier molecular flexibility index (Phi) is 5.28. The van der Waals surface area contributed by atoms with Gasteiger partial charge in [-0.2, -0.15) is 0 Å². The van der Waals surface area contributed by atoms with E-state index in [2.05, 4.69) is 19.9 Å². The second-order valence-corrected chi connectivity index (χ2v) is 8.75. The number of rotatable bonds is 5. The van der Waals surface area contributed by atoms with Gasteiger partial charge in [0.25, 0.3) is 0 Å². The molecule has 0 bridgehead atoms. The molecule has 0 amide bonds. The summed E-state index contributed by atoms with van der Waals surface area (Å²) in [7, 11) is 0. The van der Waals surface area contributed by atoms with E-state index < -0.39 is 11.4 Å². The number of H-pyrrole nitrogens is 1. The summed E-state index contributed by atoms with van der Waals surface area (Å²) in [5, 5.41) is 9.36. The van der Waals surface area contributed by atoms with Crippen molar-refractivity contribution in [1.82, 2.24) is 19.9 Å². The highest BCUT2D eigenvalue weighted by Gasteiger charge is 2.38. The molecule has 3 aromatic heterocycles. The van der Waals surface area contributed by atoms with Crippen LogP contribution in [0.1, 0.15) is 32.6 Å². The number of pyridine rings is 2. The van der Waals surface area contributed by atoms with Crippen LogP contribution in [0.5, 0.6) is 5.88 Å². The lowest BCUT2D eigenvalue weighted by Gasteiger charge is -2.33. The van der Waals surface area contributed by atoms with Gasteiger partial charge in [0.1, 0.15) is 17.7 Å². The predicted octanol–water partition coefficient (Wildman–Crippen LogP) is 5.24. The molecule has 1 aliphatic carbocycles. The Morgan fingerprint density at radius 3 is 2.52 bits per heavy atom. The molecule has 0 saturated heterocycles. The lowest BCUT2D eigenvalue weighted by Crippen LogP contribution is -2.36. The van der Waals surface area contributed by atoms with E-state index in [4.69, 9.17) is 4.74 Å². The molecule has 0 atom stereocenters. The average Bonchev–Trinajstić information content (AvgIpc) is 3.24. The van der Waals surface area contributed by atoms with Crippen molar-refractivity contribution in [2.24, 2.45) is 5.41 Å². The molecule has 1 saturated carbocycles. The van der Waals surface area contributed by atoms with Crippen LogP contribution in [0.15, 0.2) is 54.9 Å². The van der Waals surface area contributed by atoms with Gasteiger partial charge in [0.2, 0.25) is 5.88 Å². The molecule has 1 aromatic carbocycles. The van der Waals surface area contributed by atoms with Crippen LogP contribution < -0.4 is 4.74 Å². The number of fused-ring (bicyclic) bond motifs is 1. The van der Waals surface area contributed by atoms with E-state index in [1.54, 1.807) is 25.4 Å². The van der Waals surface area contributed by atoms with Gasteiger partial charge in [0, 0.05) is 35.7 Å². The Morgan fingerprint density at radius 2 is 1.85 bits per heavy atom. The number of hydrogen-bond donors (Lipinski definition) is 2. The van der Waals surface area contributed by atoms with E-state index in [1.807, 2.05) is 24.3 Å². The molecule has 0 radical (unpaired) electrons. The second-order valence-electron chi connectivity index (χ2n) is 8.75. The summed E-state index contributed by atoms with van der Waals surface area (Å²) < 4.78 is 19.4. The zero-order valence-electron chi connectivity index (χ0n) is 18.1. The summed E-state index contributed by atoms with van der Waals surface area (Å²) in [5.41, 5.74) is 3.08. The molecule has 33 heavy (non-hydrogen) atoms. The molecular formula is C25H23FN4O3. The highest BCUT2D eigenvalue weighted by molar-refractivity contribution is 5.79. The number of aliphatic carboxylic acids is 1. The van der Waals surface area contributed by atoms with E-state index in [0.717, 1.165) is 22.3 Å². The van der Waals surface area contributed by atoms with Gasteiger partial charge in [-0.1, -0.05) is 0 Å². The van der Waals surface area contributed by atoms with E-state index >= 15 is 0 Å². The normalized spacial score (nSPS) is 20.6. The van der Waals surface area contributed by atoms with Crippen molar-refractivity contribution in [2.45, 2.75) is 38.7 Å². The molecule has 0 unspecified atom stereocenters. The number of nitrogens with one attached hydrogen (secondary N) is 1. The Hall–Kier alpha value is -3.81. The lowest BCUT2D eigenvalue weighted by atomic mass is 9.75. The van der Waals surface area contributed by atoms with Gasteiger partial charge in [0.15, 0.2) is 0 Å². The van der Waals surface area contributed by atoms with Gasteiger partial charge in [0.05, 0.1) is 22.1 Å². The third-order valence-electron chi connectivity index (χ3n) is 6.35. The second kappa shape index (κ2) is 8.27. The Labute approximate surface area is 189 Å². The van der Waals surface area contributed by atoms with Crippen LogP contribution in [-0.2, 0) is 4.79 Å². The van der Waals surface area contributed by atoms with Crippen LogP contribution in [0, 0.1) is 11.2 Å². The molecule has 1 aliphatic rings. The molecular weight excluding hydrogens is 423 g/mol. The van der Waals surface area contributed by atoms with Crippen molar-refractivity contribution in [1.29, 1.82) is 0 Å². The molecule has 7 nitrogen and oxygen atoms in total. The first-order valence-corrected chi connectivity index (χ1v) is 10.9. The average molecular weight is 446 g/mol. The van der Waals surface area contributed by atoms with Gasteiger partial charge in [-0.05, 0) is 62.9 Å². The van der Waals surface area contributed by atoms with Gasteiger partial charge in [-0.15, -0.1) is 0 Å². The van der Waals surface area contributed by atoms with E-state index in [0.29, 0.717) is 42.9 Å². The topological polar surface area (TPSA) is 101 Å². The molecule has 3 heterocycles. The summed E-state index contributed by atoms with van der Waals surface area (Å²) in [6.07, 6.45) is 6.00. The van der Waals surface area contributed by atoms with Crippen LogP contribution in [0.4, 0.5) is 4.39 Å². The predicted molar refractivity (Wildman–Crippen MR) is 121 cm³/mol. The fraction of sp³-hybridized carbons (Fsp3) is 0.280. The minimum absolute atomic E-state index is 0.0227. The molecule has 8 heteroatoms. The largest absolute Gasteiger partial charge is 0.481 e. The zero-order valence-corrected chi connectivity index (χ0v) is 18.1. The highest BCUT2D eigenvalue weighted by Crippen LogP contribution is 2.37. The van der Waals surface area contributed by atoms with E-state index in [-0.39, 0.29) is 11.9 Å². The van der Waals surface area contributed by atoms with Gasteiger partial charge in [-0.3, -0.25) is 9.78 Å². The van der Waals surface area contributed by atoms with Crippen LogP contribution in [0.3, 0.4) is 0 Å². The number of carboxylic acids is 1. The molecule has 2 N–H and O–H groups in total. The van der Waals surface area contributed by atoms with E-state index in [1.165, 1.54) is 12.1 Å². The molecule has 4 aromatic rings. The number of carbonyl (C=O) groups is 1. The van der Waals surface area contributed by atoms with Crippen molar-refractivity contribution in [3.05, 3.63) is 60.7 Å². The first kappa shape index (κ1) is 21.1. The summed E-state index contributed by atoms with van der Waals surface area (Å²) in [5.74, 6) is 0.0872. The maximum atomic E-state index is 13.4. The number of imidazole rings is 1. The summed E-state index contributed by atoms with van der Waals surface area (Å²) in [6.45, 7) is 1.80. The third kappa shape index (κ3) is 4.28. The summed E-state index contributed by atoms with van der Waals surface area (Å²) >= 11 is 0. The minimum Gasteiger partial charge on any atom is -0.481 e. The Bertz CT molecular complexity index is 1290. The molecule has 168 valence electrons. The van der Waals surface area contributed by atoms with Crippen molar-refractivity contribution < 1.29 is 19.0 Å². The number of benzene rings is 1. The summed E-state index contributed by atoms with van der Waals surface area (Å²) in [4.78, 5) is 27.9. The van der Waals surface area contributed by atoms with E-state index in [9.17, 15) is 14.3 Å². The standard InChI is InChI=1S/C25H23FN4O3/c1-25(24(31)32)10-8-18(9-11-25)33-22-7-3-15(13-28-22)19-5-2-16(14-27-19)23-29-20-6-4-17(26)12-21(20)30-23/h2-7,12-14,18H,8-11H2,1H3,(H,29,30)(H,31,32)/t18-,25-. The van der Waals surface area contributed by atoms with Crippen molar-refractivity contribution in [3.8, 4) is 28.5 Å². The van der Waals surface area contributed by atoms with Crippen LogP contribution >= 0.6 is 0 Å². The quantitative estimate of drug-likeness (QED) is 0.435. The van der Waals surface area contributed by atoms with Crippen LogP contribution in [0.2, 0.25) is 0 Å². The van der Waals surface area contributed by atoms with Gasteiger partial charge in [-0.25, -0.2) is 14.4 Å². The third-order valence-corrected chi connectivity index (χ3v) is 6.35. The number of nitrogens with zero attached hydrogens (tertiary/aromatic N) is 3. The summed E-state index contributed by atoms with van der Waals surface area (Å²) in [6, 6.07) is 12.0. The number of aromatic amines is 1. The number of aromatic nitrogens is 4. The monoisotopic (exact) mass is 446 g/mol.